The Morgan fingerprint density at radius 3 is 2.47 bits per heavy atom. The molecule has 0 radical (unpaired) electrons. The molecule has 0 unspecified atom stereocenters. The summed E-state index contributed by atoms with van der Waals surface area (Å²) in [5.41, 5.74) is 8.62. The third-order valence-electron chi connectivity index (χ3n) is 5.40. The van der Waals surface area contributed by atoms with E-state index in [-0.39, 0.29) is 15.8 Å². The summed E-state index contributed by atoms with van der Waals surface area (Å²) < 4.78 is 71.4. The lowest BCUT2D eigenvalue weighted by atomic mass is 9.75. The number of ether oxygens (including phenoxy) is 1. The minimum atomic E-state index is -4.92. The van der Waals surface area contributed by atoms with Crippen LogP contribution in [0.15, 0.2) is 58.5 Å². The van der Waals surface area contributed by atoms with E-state index in [1.54, 1.807) is 18.2 Å². The minimum absolute atomic E-state index is 0.0362. The van der Waals surface area contributed by atoms with Gasteiger partial charge in [-0.25, -0.2) is 17.8 Å². The van der Waals surface area contributed by atoms with Gasteiger partial charge in [0.25, 0.3) is 10.0 Å². The Hall–Kier alpha value is -3.54. The van der Waals surface area contributed by atoms with E-state index in [1.807, 2.05) is 13.8 Å². The Morgan fingerprint density at radius 1 is 1.18 bits per heavy atom. The van der Waals surface area contributed by atoms with Gasteiger partial charge in [-0.3, -0.25) is 5.41 Å². The minimum Gasteiger partial charge on any atom is -0.406 e. The summed E-state index contributed by atoms with van der Waals surface area (Å²) in [6.07, 6.45) is -4.23. The molecule has 12 heteroatoms. The molecule has 1 aliphatic rings. The molecule has 0 amide bonds. The van der Waals surface area contributed by atoms with E-state index in [0.717, 1.165) is 16.1 Å². The number of benzene rings is 2. The van der Waals surface area contributed by atoms with Crippen LogP contribution in [0.1, 0.15) is 31.5 Å². The Labute approximate surface area is 193 Å². The lowest BCUT2D eigenvalue weighted by Crippen LogP contribution is -2.33. The van der Waals surface area contributed by atoms with E-state index in [0.29, 0.717) is 29.8 Å². The van der Waals surface area contributed by atoms with Crippen LogP contribution in [0.25, 0.3) is 10.9 Å². The molecule has 4 N–H and O–H groups in total. The molecule has 4 rings (SSSR count). The number of hydrogen-bond donors (Lipinski definition) is 3. The smallest absolute Gasteiger partial charge is 0.406 e. The van der Waals surface area contributed by atoms with Crippen LogP contribution in [-0.2, 0) is 16.4 Å². The van der Waals surface area contributed by atoms with Crippen molar-refractivity contribution in [2.45, 2.75) is 37.9 Å². The van der Waals surface area contributed by atoms with Gasteiger partial charge >= 0.3 is 6.36 Å². The number of fused-ring (bicyclic) bond motifs is 3. The number of nitrogens with one attached hydrogen (secondary N) is 2. The van der Waals surface area contributed by atoms with E-state index in [9.17, 15) is 21.6 Å². The molecule has 1 aliphatic carbocycles. The van der Waals surface area contributed by atoms with Crippen molar-refractivity contribution in [3.05, 3.63) is 59.8 Å². The fourth-order valence-electron chi connectivity index (χ4n) is 4.23. The van der Waals surface area contributed by atoms with E-state index >= 15 is 0 Å². The summed E-state index contributed by atoms with van der Waals surface area (Å²) >= 11 is 0. The van der Waals surface area contributed by atoms with Crippen molar-refractivity contribution < 1.29 is 26.3 Å². The molecule has 3 aromatic rings. The van der Waals surface area contributed by atoms with E-state index in [4.69, 9.17) is 11.1 Å². The van der Waals surface area contributed by atoms with Crippen LogP contribution >= 0.6 is 0 Å². The Kier molecular flexibility index (Phi) is 5.59. The molecule has 0 saturated heterocycles. The first-order chi connectivity index (χ1) is 15.8. The molecule has 2 aromatic carbocycles. The zero-order valence-electron chi connectivity index (χ0n) is 18.3. The van der Waals surface area contributed by atoms with Crippen molar-refractivity contribution in [3.8, 4) is 5.75 Å². The van der Waals surface area contributed by atoms with Crippen molar-refractivity contribution in [1.29, 1.82) is 5.41 Å². The first kappa shape index (κ1) is 23.6. The van der Waals surface area contributed by atoms with Crippen molar-refractivity contribution in [2.24, 2.45) is 16.3 Å². The summed E-state index contributed by atoms with van der Waals surface area (Å²) in [5, 5.41) is 11.8. The number of hydrazone groups is 1. The molecule has 0 saturated carbocycles. The number of alkyl halides is 3. The fourth-order valence-corrected chi connectivity index (χ4v) is 5.80. The second-order valence-corrected chi connectivity index (χ2v) is 10.5. The molecular formula is C22H22F3N5O3S. The third kappa shape index (κ3) is 4.45. The fraction of sp³-hybridized carbons (Fsp3) is 0.273. The first-order valence-electron chi connectivity index (χ1n) is 10.2. The average molecular weight is 494 g/mol. The summed E-state index contributed by atoms with van der Waals surface area (Å²) in [5.74, 6) is -0.917. The Morgan fingerprint density at radius 2 is 1.85 bits per heavy atom. The van der Waals surface area contributed by atoms with Crippen molar-refractivity contribution in [2.75, 3.05) is 0 Å². The van der Waals surface area contributed by atoms with Gasteiger partial charge in [0.05, 0.1) is 16.1 Å². The van der Waals surface area contributed by atoms with Gasteiger partial charge in [-0.2, -0.15) is 5.10 Å². The van der Waals surface area contributed by atoms with Crippen molar-refractivity contribution in [3.63, 3.8) is 0 Å². The number of halogens is 3. The zero-order valence-corrected chi connectivity index (χ0v) is 19.1. The van der Waals surface area contributed by atoms with Crippen LogP contribution in [0.3, 0.4) is 0 Å². The van der Waals surface area contributed by atoms with Gasteiger partial charge in [0.1, 0.15) is 5.75 Å². The topological polar surface area (TPSA) is 123 Å². The monoisotopic (exact) mass is 493 g/mol. The number of hydrogen-bond acceptors (Lipinski definition) is 5. The molecule has 8 nitrogen and oxygen atoms in total. The molecule has 0 bridgehead atoms. The molecule has 180 valence electrons. The van der Waals surface area contributed by atoms with Gasteiger partial charge in [-0.15, -0.1) is 13.2 Å². The highest BCUT2D eigenvalue weighted by Crippen LogP contribution is 2.43. The van der Waals surface area contributed by atoms with Gasteiger partial charge in [-0.1, -0.05) is 32.0 Å². The third-order valence-corrected chi connectivity index (χ3v) is 7.16. The number of aromatic nitrogens is 1. The van der Waals surface area contributed by atoms with E-state index in [2.05, 4.69) is 15.3 Å². The zero-order chi connectivity index (χ0) is 24.9. The lowest BCUT2D eigenvalue weighted by Gasteiger charge is -2.31. The predicted octanol–water partition coefficient (Wildman–Crippen LogP) is 3.94. The first-order valence-corrected chi connectivity index (χ1v) is 11.6. The maximum Gasteiger partial charge on any atom is 0.573 e. The van der Waals surface area contributed by atoms with Gasteiger partial charge in [-0.05, 0) is 48.6 Å². The number of rotatable bonds is 4. The molecular weight excluding hydrogens is 471 g/mol. The van der Waals surface area contributed by atoms with Gasteiger partial charge in [0.2, 0.25) is 5.96 Å². The second kappa shape index (κ2) is 8.05. The molecule has 1 heterocycles. The quantitative estimate of drug-likeness (QED) is 0.289. The standard InChI is InChI=1S/C22H22F3N5O3S/c1-21(2)11-16(28-29-20(26)27)19-15-10-13(33-22(23,24)25)8-9-17(15)30(18(19)12-21)34(31,32)14-6-4-3-5-7-14/h3-10H,11-12H2,1-2H3,(H4,26,27,29). The summed E-state index contributed by atoms with van der Waals surface area (Å²) in [6, 6.07) is 11.3. The molecule has 0 spiro atoms. The second-order valence-electron chi connectivity index (χ2n) is 8.73. The van der Waals surface area contributed by atoms with Crippen LogP contribution in [0.5, 0.6) is 5.75 Å². The molecule has 0 aliphatic heterocycles. The van der Waals surface area contributed by atoms with Crippen LogP contribution in [0, 0.1) is 10.8 Å². The van der Waals surface area contributed by atoms with Gasteiger partial charge in [0, 0.05) is 16.6 Å². The SMILES string of the molecule is CC1(C)CC(=NNC(=N)N)c2c(n(S(=O)(=O)c3ccccc3)c3ccc(OC(F)(F)F)cc23)C1. The molecule has 34 heavy (non-hydrogen) atoms. The van der Waals surface area contributed by atoms with Crippen LogP contribution < -0.4 is 15.9 Å². The molecule has 1 aromatic heterocycles. The highest BCUT2D eigenvalue weighted by atomic mass is 32.2. The molecule has 0 atom stereocenters. The normalized spacial score (nSPS) is 16.9. The van der Waals surface area contributed by atoms with Crippen LogP contribution in [0.2, 0.25) is 0 Å². The largest absolute Gasteiger partial charge is 0.573 e. The average Bonchev–Trinajstić information content (AvgIpc) is 3.04. The van der Waals surface area contributed by atoms with Crippen molar-refractivity contribution >= 4 is 32.6 Å². The molecule has 0 fully saturated rings. The maximum atomic E-state index is 13.7. The predicted molar refractivity (Wildman–Crippen MR) is 121 cm³/mol. The summed E-state index contributed by atoms with van der Waals surface area (Å²) in [6.45, 7) is 3.85. The summed E-state index contributed by atoms with van der Waals surface area (Å²) in [7, 11) is -4.11. The van der Waals surface area contributed by atoms with Gasteiger partial charge < -0.3 is 10.5 Å². The number of nitrogens with two attached hydrogens (primary N) is 1. The highest BCUT2D eigenvalue weighted by Gasteiger charge is 2.38. The van der Waals surface area contributed by atoms with E-state index < -0.39 is 33.5 Å². The Bertz CT molecular complexity index is 1410. The van der Waals surface area contributed by atoms with Gasteiger partial charge in [0.15, 0.2) is 0 Å². The summed E-state index contributed by atoms with van der Waals surface area (Å²) in [4.78, 5) is 0.0362. The number of nitrogens with zero attached hydrogens (tertiary/aromatic N) is 2. The highest BCUT2D eigenvalue weighted by molar-refractivity contribution is 7.90. The van der Waals surface area contributed by atoms with Crippen molar-refractivity contribution in [1.82, 2.24) is 9.40 Å². The maximum absolute atomic E-state index is 13.7. The van der Waals surface area contributed by atoms with Crippen LogP contribution in [0.4, 0.5) is 13.2 Å². The number of guanidine groups is 1. The van der Waals surface area contributed by atoms with Crippen LogP contribution in [-0.4, -0.2) is 30.4 Å². The Balaban J connectivity index is 2.07. The lowest BCUT2D eigenvalue weighted by molar-refractivity contribution is -0.274. The van der Waals surface area contributed by atoms with E-state index in [1.165, 1.54) is 18.2 Å².